The van der Waals surface area contributed by atoms with E-state index in [2.05, 4.69) is 5.32 Å². The number of hydrogen-bond donors (Lipinski definition) is 2. The number of fused-ring (bicyclic) bond motifs is 1. The van der Waals surface area contributed by atoms with Crippen molar-refractivity contribution in [1.82, 2.24) is 5.32 Å². The number of para-hydroxylation sites is 1. The molecule has 1 aromatic rings. The van der Waals surface area contributed by atoms with E-state index in [1.165, 1.54) is 0 Å². The maximum atomic E-state index is 12.0. The smallest absolute Gasteiger partial charge is 0.237 e. The summed E-state index contributed by atoms with van der Waals surface area (Å²) >= 11 is 0. The molecule has 0 bridgehead atoms. The van der Waals surface area contributed by atoms with Gasteiger partial charge in [0.05, 0.1) is 18.7 Å². The van der Waals surface area contributed by atoms with Crippen molar-refractivity contribution in [2.75, 3.05) is 6.61 Å². The van der Waals surface area contributed by atoms with Crippen molar-refractivity contribution in [2.45, 2.75) is 32.4 Å². The SMILES string of the molecule is CC(C)C(N)C(=O)NC1CCOc2ccccc21. The number of nitrogens with one attached hydrogen (secondary N) is 1. The molecule has 1 heterocycles. The Morgan fingerprint density at radius 1 is 1.44 bits per heavy atom. The molecule has 1 amide bonds. The van der Waals surface area contributed by atoms with Gasteiger partial charge in [-0.2, -0.15) is 0 Å². The first kappa shape index (κ1) is 12.9. The second-order valence-corrected chi connectivity index (χ2v) is 5.01. The van der Waals surface area contributed by atoms with Crippen molar-refractivity contribution in [3.8, 4) is 5.75 Å². The quantitative estimate of drug-likeness (QED) is 0.854. The Bertz CT molecular complexity index is 432. The first-order valence-electron chi connectivity index (χ1n) is 6.37. The van der Waals surface area contributed by atoms with Gasteiger partial charge in [-0.25, -0.2) is 0 Å². The molecular formula is C14H20N2O2. The van der Waals surface area contributed by atoms with Gasteiger partial charge in [0.25, 0.3) is 0 Å². The highest BCUT2D eigenvalue weighted by atomic mass is 16.5. The standard InChI is InChI=1S/C14H20N2O2/c1-9(2)13(15)14(17)16-11-7-8-18-12-6-4-3-5-10(11)12/h3-6,9,11,13H,7-8,15H2,1-2H3,(H,16,17). The fourth-order valence-electron chi connectivity index (χ4n) is 2.06. The lowest BCUT2D eigenvalue weighted by Gasteiger charge is -2.28. The fourth-order valence-corrected chi connectivity index (χ4v) is 2.06. The second-order valence-electron chi connectivity index (χ2n) is 5.01. The van der Waals surface area contributed by atoms with E-state index in [-0.39, 0.29) is 17.9 Å². The van der Waals surface area contributed by atoms with E-state index in [0.29, 0.717) is 6.61 Å². The van der Waals surface area contributed by atoms with Crippen molar-refractivity contribution in [3.05, 3.63) is 29.8 Å². The number of nitrogens with two attached hydrogens (primary N) is 1. The van der Waals surface area contributed by atoms with Crippen LogP contribution >= 0.6 is 0 Å². The zero-order chi connectivity index (χ0) is 13.1. The maximum Gasteiger partial charge on any atom is 0.237 e. The van der Waals surface area contributed by atoms with E-state index >= 15 is 0 Å². The molecule has 18 heavy (non-hydrogen) atoms. The normalized spacial score (nSPS) is 19.9. The predicted molar refractivity (Wildman–Crippen MR) is 70.3 cm³/mol. The average molecular weight is 248 g/mol. The van der Waals surface area contributed by atoms with Gasteiger partial charge in [-0.05, 0) is 12.0 Å². The van der Waals surface area contributed by atoms with Gasteiger partial charge in [-0.1, -0.05) is 32.0 Å². The summed E-state index contributed by atoms with van der Waals surface area (Å²) < 4.78 is 5.56. The summed E-state index contributed by atoms with van der Waals surface area (Å²) in [7, 11) is 0. The van der Waals surface area contributed by atoms with E-state index in [0.717, 1.165) is 17.7 Å². The van der Waals surface area contributed by atoms with Crippen LogP contribution in [0.5, 0.6) is 5.75 Å². The number of carbonyl (C=O) groups is 1. The van der Waals surface area contributed by atoms with Crippen molar-refractivity contribution in [2.24, 2.45) is 11.7 Å². The number of hydrogen-bond acceptors (Lipinski definition) is 3. The third-order valence-electron chi connectivity index (χ3n) is 3.30. The maximum absolute atomic E-state index is 12.0. The Kier molecular flexibility index (Phi) is 3.87. The number of rotatable bonds is 3. The molecule has 0 spiro atoms. The van der Waals surface area contributed by atoms with Gasteiger partial charge in [-0.3, -0.25) is 4.79 Å². The van der Waals surface area contributed by atoms with Gasteiger partial charge < -0.3 is 15.8 Å². The largest absolute Gasteiger partial charge is 0.493 e. The summed E-state index contributed by atoms with van der Waals surface area (Å²) in [5.41, 5.74) is 6.89. The van der Waals surface area contributed by atoms with Gasteiger partial charge in [0.2, 0.25) is 5.91 Å². The Morgan fingerprint density at radius 3 is 2.89 bits per heavy atom. The summed E-state index contributed by atoms with van der Waals surface area (Å²) in [6.45, 7) is 4.52. The van der Waals surface area contributed by atoms with E-state index < -0.39 is 6.04 Å². The summed E-state index contributed by atoms with van der Waals surface area (Å²) in [6.07, 6.45) is 0.785. The highest BCUT2D eigenvalue weighted by molar-refractivity contribution is 5.82. The first-order valence-corrected chi connectivity index (χ1v) is 6.37. The van der Waals surface area contributed by atoms with E-state index in [1.807, 2.05) is 38.1 Å². The lowest BCUT2D eigenvalue weighted by Crippen LogP contribution is -2.46. The Hall–Kier alpha value is -1.55. The van der Waals surface area contributed by atoms with E-state index in [4.69, 9.17) is 10.5 Å². The molecule has 98 valence electrons. The molecule has 2 rings (SSSR count). The highest BCUT2D eigenvalue weighted by Gasteiger charge is 2.25. The van der Waals surface area contributed by atoms with Gasteiger partial charge in [0, 0.05) is 12.0 Å². The van der Waals surface area contributed by atoms with Crippen LogP contribution in [0.25, 0.3) is 0 Å². The summed E-state index contributed by atoms with van der Waals surface area (Å²) in [5.74, 6) is 0.902. The molecule has 2 unspecified atom stereocenters. The number of amides is 1. The zero-order valence-electron chi connectivity index (χ0n) is 10.8. The van der Waals surface area contributed by atoms with Crippen molar-refractivity contribution < 1.29 is 9.53 Å². The van der Waals surface area contributed by atoms with Crippen LogP contribution in [-0.2, 0) is 4.79 Å². The monoisotopic (exact) mass is 248 g/mol. The van der Waals surface area contributed by atoms with Crippen LogP contribution in [0.3, 0.4) is 0 Å². The summed E-state index contributed by atoms with van der Waals surface area (Å²) in [5, 5.41) is 3.01. The van der Waals surface area contributed by atoms with Crippen LogP contribution in [0.15, 0.2) is 24.3 Å². The van der Waals surface area contributed by atoms with Crippen LogP contribution in [0.1, 0.15) is 31.9 Å². The predicted octanol–water partition coefficient (Wildman–Crippen LogP) is 1.61. The number of carbonyl (C=O) groups excluding carboxylic acids is 1. The van der Waals surface area contributed by atoms with Crippen LogP contribution in [0.2, 0.25) is 0 Å². The summed E-state index contributed by atoms with van der Waals surface area (Å²) in [6, 6.07) is 7.35. The molecule has 4 nitrogen and oxygen atoms in total. The fraction of sp³-hybridized carbons (Fsp3) is 0.500. The molecule has 0 aliphatic carbocycles. The topological polar surface area (TPSA) is 64.4 Å². The van der Waals surface area contributed by atoms with Crippen LogP contribution in [0, 0.1) is 5.92 Å². The highest BCUT2D eigenvalue weighted by Crippen LogP contribution is 2.31. The Labute approximate surface area is 108 Å². The Morgan fingerprint density at radius 2 is 2.17 bits per heavy atom. The van der Waals surface area contributed by atoms with Gasteiger partial charge in [-0.15, -0.1) is 0 Å². The van der Waals surface area contributed by atoms with Crippen molar-refractivity contribution in [1.29, 1.82) is 0 Å². The third kappa shape index (κ3) is 2.64. The molecule has 0 aromatic heterocycles. The number of benzene rings is 1. The lowest BCUT2D eigenvalue weighted by molar-refractivity contribution is -0.124. The minimum atomic E-state index is -0.458. The number of ether oxygens (including phenoxy) is 1. The lowest BCUT2D eigenvalue weighted by atomic mass is 9.99. The van der Waals surface area contributed by atoms with Gasteiger partial charge in [0.15, 0.2) is 0 Å². The third-order valence-corrected chi connectivity index (χ3v) is 3.30. The molecule has 1 aliphatic heterocycles. The molecule has 3 N–H and O–H groups in total. The molecular weight excluding hydrogens is 228 g/mol. The Balaban J connectivity index is 2.10. The average Bonchev–Trinajstić information content (AvgIpc) is 2.38. The van der Waals surface area contributed by atoms with Crippen molar-refractivity contribution >= 4 is 5.91 Å². The van der Waals surface area contributed by atoms with Crippen LogP contribution < -0.4 is 15.8 Å². The van der Waals surface area contributed by atoms with Crippen LogP contribution in [-0.4, -0.2) is 18.6 Å². The van der Waals surface area contributed by atoms with E-state index in [1.54, 1.807) is 0 Å². The van der Waals surface area contributed by atoms with Gasteiger partial charge in [0.1, 0.15) is 5.75 Å². The van der Waals surface area contributed by atoms with Crippen LogP contribution in [0.4, 0.5) is 0 Å². The molecule has 1 aliphatic rings. The van der Waals surface area contributed by atoms with E-state index in [9.17, 15) is 4.79 Å². The van der Waals surface area contributed by atoms with Gasteiger partial charge >= 0.3 is 0 Å². The minimum Gasteiger partial charge on any atom is -0.493 e. The molecule has 4 heteroatoms. The molecule has 0 saturated heterocycles. The molecule has 0 saturated carbocycles. The molecule has 1 aromatic carbocycles. The molecule has 2 atom stereocenters. The zero-order valence-corrected chi connectivity index (χ0v) is 10.8. The first-order chi connectivity index (χ1) is 8.59. The molecule has 0 radical (unpaired) electrons. The van der Waals surface area contributed by atoms with Crippen molar-refractivity contribution in [3.63, 3.8) is 0 Å². The summed E-state index contributed by atoms with van der Waals surface area (Å²) in [4.78, 5) is 12.0. The second kappa shape index (κ2) is 5.40. The molecule has 0 fully saturated rings. The minimum absolute atomic E-state index is 0.00671.